The van der Waals surface area contributed by atoms with Gasteiger partial charge in [-0.05, 0) is 63.1 Å². The normalized spacial score (nSPS) is 14.1. The summed E-state index contributed by atoms with van der Waals surface area (Å²) < 4.78 is 11.5. The van der Waals surface area contributed by atoms with Crippen LogP contribution in [0.3, 0.4) is 0 Å². The van der Waals surface area contributed by atoms with Crippen LogP contribution < -0.4 is 24.8 Å². The van der Waals surface area contributed by atoms with Gasteiger partial charge in [-0.25, -0.2) is 9.59 Å². The Hall–Kier alpha value is -3.57. The second-order valence-corrected chi connectivity index (χ2v) is 8.85. The number of halogens is 1. The number of benzene rings is 3. The molecule has 2 heterocycles. The first-order valence-electron chi connectivity index (χ1n) is 11.3. The van der Waals surface area contributed by atoms with Crippen LogP contribution in [0.25, 0.3) is 11.1 Å². The topological polar surface area (TPSA) is 55.8 Å². The van der Waals surface area contributed by atoms with E-state index in [1.54, 1.807) is 24.3 Å². The summed E-state index contributed by atoms with van der Waals surface area (Å²) in [5.41, 5.74) is 4.92. The number of ether oxygens (including phenoxy) is 2. The highest BCUT2D eigenvalue weighted by atomic mass is 35.5. The monoisotopic (exact) mass is 473 g/mol. The average Bonchev–Trinajstić information content (AvgIpc) is 3.37. The van der Waals surface area contributed by atoms with Crippen molar-refractivity contribution in [3.8, 4) is 11.5 Å². The molecule has 0 saturated carbocycles. The summed E-state index contributed by atoms with van der Waals surface area (Å²) in [7, 11) is 0. The van der Waals surface area contributed by atoms with E-state index >= 15 is 0 Å². The molecule has 34 heavy (non-hydrogen) atoms. The number of carbonyl (C=O) groups is 2. The number of hydrogen-bond acceptors (Lipinski definition) is 5. The molecule has 3 aromatic carbocycles. The van der Waals surface area contributed by atoms with Crippen LogP contribution in [0, 0.1) is 13.8 Å². The van der Waals surface area contributed by atoms with E-state index in [0.717, 1.165) is 24.3 Å². The number of anilines is 1. The van der Waals surface area contributed by atoms with Crippen LogP contribution in [0.15, 0.2) is 48.5 Å². The van der Waals surface area contributed by atoms with E-state index in [0.29, 0.717) is 54.8 Å². The van der Waals surface area contributed by atoms with Gasteiger partial charge in [0.25, 0.3) is 0 Å². The van der Waals surface area contributed by atoms with Crippen molar-refractivity contribution in [1.29, 1.82) is 0 Å². The molecule has 2 aliphatic heterocycles. The molecule has 0 N–H and O–H groups in total. The highest BCUT2D eigenvalue weighted by Crippen LogP contribution is 2.32. The Labute approximate surface area is 202 Å². The van der Waals surface area contributed by atoms with Gasteiger partial charge in [0, 0.05) is 45.4 Å². The van der Waals surface area contributed by atoms with Gasteiger partial charge in [-0.1, -0.05) is 35.9 Å². The maximum atomic E-state index is 13.1. The summed E-state index contributed by atoms with van der Waals surface area (Å²) in [6.45, 7) is 9.75. The number of esters is 2. The van der Waals surface area contributed by atoms with Crippen molar-refractivity contribution in [3.63, 3.8) is 0 Å². The van der Waals surface area contributed by atoms with Crippen molar-refractivity contribution in [2.75, 3.05) is 18.0 Å². The van der Waals surface area contributed by atoms with E-state index < -0.39 is 11.9 Å². The zero-order chi connectivity index (χ0) is 24.1. The fourth-order valence-electron chi connectivity index (χ4n) is 4.86. The molecule has 0 aliphatic carbocycles. The van der Waals surface area contributed by atoms with Gasteiger partial charge in [0.15, 0.2) is 0 Å². The molecule has 0 bridgehead atoms. The molecule has 0 unspecified atom stereocenters. The Balaban J connectivity index is 1.76. The van der Waals surface area contributed by atoms with Crippen molar-refractivity contribution in [2.24, 2.45) is 0 Å². The number of carbonyl (C=O) groups excluding carboxylic acids is 2. The first kappa shape index (κ1) is 22.2. The van der Waals surface area contributed by atoms with E-state index in [9.17, 15) is 9.59 Å². The smallest absolute Gasteiger partial charge is 0.344 e. The van der Waals surface area contributed by atoms with Gasteiger partial charge in [-0.2, -0.15) is 0 Å². The SMILES string of the molecule is CCN(CC)c1ccc(C2=c3c(C)c4c(c(C)c3OC2=O)=C(c2ccc(Cl)cc2)C(=O)O4)cc1. The first-order chi connectivity index (χ1) is 16.3. The van der Waals surface area contributed by atoms with E-state index in [2.05, 4.69) is 18.7 Å². The van der Waals surface area contributed by atoms with Crippen LogP contribution in [0.5, 0.6) is 11.5 Å². The van der Waals surface area contributed by atoms with E-state index in [1.807, 2.05) is 38.1 Å². The first-order valence-corrected chi connectivity index (χ1v) is 11.7. The van der Waals surface area contributed by atoms with Crippen LogP contribution in [-0.2, 0) is 9.59 Å². The number of hydrogen-bond donors (Lipinski definition) is 0. The Bertz CT molecular complexity index is 1470. The van der Waals surface area contributed by atoms with Gasteiger partial charge in [0.2, 0.25) is 0 Å². The molecule has 5 rings (SSSR count). The molecule has 0 radical (unpaired) electrons. The third-order valence-electron chi connectivity index (χ3n) is 6.60. The summed E-state index contributed by atoms with van der Waals surface area (Å²) in [4.78, 5) is 28.2. The van der Waals surface area contributed by atoms with Gasteiger partial charge >= 0.3 is 11.9 Å². The molecule has 0 spiro atoms. The van der Waals surface area contributed by atoms with Gasteiger partial charge < -0.3 is 14.4 Å². The van der Waals surface area contributed by atoms with Crippen molar-refractivity contribution in [3.05, 3.63) is 86.2 Å². The maximum Gasteiger partial charge on any atom is 0.344 e. The van der Waals surface area contributed by atoms with Crippen molar-refractivity contribution >= 4 is 40.4 Å². The average molecular weight is 474 g/mol. The molecule has 5 nitrogen and oxygen atoms in total. The minimum atomic E-state index is -0.427. The predicted molar refractivity (Wildman–Crippen MR) is 133 cm³/mol. The third-order valence-corrected chi connectivity index (χ3v) is 6.85. The van der Waals surface area contributed by atoms with Gasteiger partial charge in [-0.15, -0.1) is 0 Å². The summed E-state index contributed by atoms with van der Waals surface area (Å²) in [5.74, 6) is 0.124. The predicted octanol–water partition coefficient (Wildman–Crippen LogP) is 4.04. The number of nitrogens with zero attached hydrogens (tertiary/aromatic N) is 1. The lowest BCUT2D eigenvalue weighted by Crippen LogP contribution is -2.21. The zero-order valence-corrected chi connectivity index (χ0v) is 20.2. The Morgan fingerprint density at radius 3 is 1.53 bits per heavy atom. The highest BCUT2D eigenvalue weighted by Gasteiger charge is 2.35. The lowest BCUT2D eigenvalue weighted by atomic mass is 9.95. The molecular formula is C28H24ClNO4. The number of rotatable bonds is 5. The minimum Gasteiger partial charge on any atom is -0.422 e. The number of fused-ring (bicyclic) bond motifs is 2. The third kappa shape index (κ3) is 3.31. The second-order valence-electron chi connectivity index (χ2n) is 8.41. The largest absolute Gasteiger partial charge is 0.422 e. The lowest BCUT2D eigenvalue weighted by molar-refractivity contribution is -0.128. The molecule has 2 aliphatic rings. The van der Waals surface area contributed by atoms with Crippen LogP contribution in [0.4, 0.5) is 5.69 Å². The quantitative estimate of drug-likeness (QED) is 0.413. The van der Waals surface area contributed by atoms with Gasteiger partial charge in [0.05, 0.1) is 11.1 Å². The van der Waals surface area contributed by atoms with Gasteiger partial charge in [-0.3, -0.25) is 0 Å². The molecule has 0 aromatic heterocycles. The van der Waals surface area contributed by atoms with Crippen LogP contribution >= 0.6 is 11.6 Å². The fraction of sp³-hybridized carbons (Fsp3) is 0.214. The van der Waals surface area contributed by atoms with Gasteiger partial charge in [0.1, 0.15) is 11.5 Å². The summed E-state index contributed by atoms with van der Waals surface area (Å²) >= 11 is 6.03. The van der Waals surface area contributed by atoms with Crippen LogP contribution in [0.2, 0.25) is 5.02 Å². The molecule has 0 atom stereocenters. The molecule has 0 amide bonds. The van der Waals surface area contributed by atoms with Crippen molar-refractivity contribution < 1.29 is 19.1 Å². The molecule has 6 heteroatoms. The zero-order valence-electron chi connectivity index (χ0n) is 19.5. The summed E-state index contributed by atoms with van der Waals surface area (Å²) in [6, 6.07) is 15.0. The van der Waals surface area contributed by atoms with E-state index in [1.165, 1.54) is 0 Å². The Morgan fingerprint density at radius 1 is 0.706 bits per heavy atom. The molecule has 3 aromatic rings. The van der Waals surface area contributed by atoms with Crippen molar-refractivity contribution in [1.82, 2.24) is 0 Å². The molecule has 172 valence electrons. The van der Waals surface area contributed by atoms with Crippen molar-refractivity contribution in [2.45, 2.75) is 27.7 Å². The van der Waals surface area contributed by atoms with E-state index in [4.69, 9.17) is 21.1 Å². The lowest BCUT2D eigenvalue weighted by Gasteiger charge is -2.21. The summed E-state index contributed by atoms with van der Waals surface area (Å²) in [5, 5.41) is 1.93. The standard InChI is InChI=1S/C28H24ClNO4/c1-5-30(6-2)20-13-9-18(10-14-20)24-22-16(4)25-21(15(3)26(22)34-28(24)32)23(27(31)33-25)17-7-11-19(29)12-8-17/h7-14H,5-6H2,1-4H3. The molecule has 0 fully saturated rings. The molecular weight excluding hydrogens is 450 g/mol. The minimum absolute atomic E-state index is 0.403. The molecule has 0 saturated heterocycles. The Kier molecular flexibility index (Phi) is 5.45. The van der Waals surface area contributed by atoms with Crippen LogP contribution in [0.1, 0.15) is 36.1 Å². The maximum absolute atomic E-state index is 13.1. The second kappa shape index (κ2) is 8.33. The van der Waals surface area contributed by atoms with Crippen LogP contribution in [-0.4, -0.2) is 25.0 Å². The highest BCUT2D eigenvalue weighted by molar-refractivity contribution is 6.30. The Morgan fingerprint density at radius 2 is 1.12 bits per heavy atom. The van der Waals surface area contributed by atoms with E-state index in [-0.39, 0.29) is 0 Å². The summed E-state index contributed by atoms with van der Waals surface area (Å²) in [6.07, 6.45) is 0. The fourth-order valence-corrected chi connectivity index (χ4v) is 4.99.